The first-order valence-electron chi connectivity index (χ1n) is 12.1. The van der Waals surface area contributed by atoms with Crippen LogP contribution in [-0.2, 0) is 9.59 Å². The van der Waals surface area contributed by atoms with Gasteiger partial charge < -0.3 is 14.9 Å². The summed E-state index contributed by atoms with van der Waals surface area (Å²) >= 11 is 0. The van der Waals surface area contributed by atoms with E-state index in [9.17, 15) is 24.2 Å². The first kappa shape index (κ1) is 22.7. The quantitative estimate of drug-likeness (QED) is 0.715. The number of rotatable bonds is 4. The Bertz CT molecular complexity index is 1020. The molecule has 33 heavy (non-hydrogen) atoms. The molecule has 0 radical (unpaired) electrons. The van der Waals surface area contributed by atoms with Crippen LogP contribution in [0.15, 0.2) is 35.9 Å². The Labute approximate surface area is 194 Å². The predicted octanol–water partition coefficient (Wildman–Crippen LogP) is 4.01. The lowest BCUT2D eigenvalue weighted by Crippen LogP contribution is -2.62. The molecule has 0 bridgehead atoms. The van der Waals surface area contributed by atoms with Crippen LogP contribution in [0.25, 0.3) is 0 Å². The first-order valence-corrected chi connectivity index (χ1v) is 12.1. The van der Waals surface area contributed by atoms with Crippen molar-refractivity contribution >= 4 is 11.6 Å². The number of fused-ring (bicyclic) bond motifs is 5. The lowest BCUT2D eigenvalue weighted by atomic mass is 9.45. The number of hydrogen-bond acceptors (Lipinski definition) is 5. The highest BCUT2D eigenvalue weighted by Gasteiger charge is 2.68. The summed E-state index contributed by atoms with van der Waals surface area (Å²) in [6.07, 6.45) is 5.52. The van der Waals surface area contributed by atoms with E-state index >= 15 is 0 Å². The van der Waals surface area contributed by atoms with Gasteiger partial charge in [0.15, 0.2) is 5.78 Å². The van der Waals surface area contributed by atoms with E-state index in [1.807, 2.05) is 6.92 Å². The molecule has 178 valence electrons. The molecule has 3 fully saturated rings. The molecule has 0 saturated heterocycles. The molecule has 6 unspecified atom stereocenters. The molecule has 0 spiro atoms. The van der Waals surface area contributed by atoms with Gasteiger partial charge in [-0.1, -0.05) is 25.5 Å². The second-order valence-electron chi connectivity index (χ2n) is 11.1. The van der Waals surface area contributed by atoms with Gasteiger partial charge in [-0.2, -0.15) is 0 Å². The summed E-state index contributed by atoms with van der Waals surface area (Å²) in [5, 5.41) is 23.1. The Morgan fingerprint density at radius 3 is 2.76 bits per heavy atom. The standard InChI is InChI=1S/C27H33FO5/c1-25-10-8-18(29)12-16(25)6-7-20-21-9-11-27(32,26(21,2)14-22(30)24(20)25)23(31)15-33-19-5-3-4-17(28)13-19/h3-5,12-13,20-22,24,30,32H,6-11,14-15H2,1-2H3/t20?,21?,22?,24?,25?,26?,27-/m0/s1. The van der Waals surface area contributed by atoms with E-state index in [1.165, 1.54) is 18.2 Å². The van der Waals surface area contributed by atoms with Gasteiger partial charge in [-0.3, -0.25) is 9.59 Å². The number of allylic oxidation sites excluding steroid dienone is 1. The Morgan fingerprint density at radius 2 is 2.00 bits per heavy atom. The average Bonchev–Trinajstić information content (AvgIpc) is 3.03. The molecule has 3 saturated carbocycles. The number of hydrogen-bond donors (Lipinski definition) is 2. The maximum absolute atomic E-state index is 13.5. The van der Waals surface area contributed by atoms with Crippen LogP contribution in [0, 0.1) is 34.4 Å². The Kier molecular flexibility index (Phi) is 5.33. The third-order valence-electron chi connectivity index (χ3n) is 9.68. The zero-order valence-corrected chi connectivity index (χ0v) is 19.4. The third-order valence-corrected chi connectivity index (χ3v) is 9.68. The SMILES string of the molecule is CC12CCC(=O)C=C1CCC1C2C(O)CC2(C)C1CC[C@]2(O)C(=O)COc1cccc(F)c1. The second kappa shape index (κ2) is 7.74. The van der Waals surface area contributed by atoms with Gasteiger partial charge >= 0.3 is 0 Å². The Balaban J connectivity index is 1.39. The highest BCUT2D eigenvalue weighted by atomic mass is 19.1. The fourth-order valence-electron chi connectivity index (χ4n) is 7.98. The largest absolute Gasteiger partial charge is 0.486 e. The molecule has 1 aromatic carbocycles. The molecule has 2 N–H and O–H groups in total. The van der Waals surface area contributed by atoms with Gasteiger partial charge in [0.1, 0.15) is 23.8 Å². The number of ether oxygens (including phenoxy) is 1. The summed E-state index contributed by atoms with van der Waals surface area (Å²) in [6.45, 7) is 3.80. The fourth-order valence-corrected chi connectivity index (χ4v) is 7.98. The number of ketones is 2. The molecule has 6 heteroatoms. The third kappa shape index (κ3) is 3.32. The van der Waals surface area contributed by atoms with Crippen molar-refractivity contribution in [3.05, 3.63) is 41.7 Å². The molecule has 0 amide bonds. The van der Waals surface area contributed by atoms with Gasteiger partial charge in [-0.05, 0) is 79.9 Å². The molecule has 4 aliphatic carbocycles. The van der Waals surface area contributed by atoms with Crippen molar-refractivity contribution in [3.63, 3.8) is 0 Å². The van der Waals surface area contributed by atoms with Crippen molar-refractivity contribution in [1.82, 2.24) is 0 Å². The van der Waals surface area contributed by atoms with E-state index < -0.39 is 28.7 Å². The van der Waals surface area contributed by atoms with Gasteiger partial charge in [-0.15, -0.1) is 0 Å². The van der Waals surface area contributed by atoms with Crippen LogP contribution in [0.4, 0.5) is 4.39 Å². The summed E-state index contributed by atoms with van der Waals surface area (Å²) in [7, 11) is 0. The van der Waals surface area contributed by atoms with Crippen molar-refractivity contribution in [2.75, 3.05) is 6.61 Å². The minimum atomic E-state index is -1.59. The highest BCUT2D eigenvalue weighted by molar-refractivity contribution is 5.92. The molecule has 1 aromatic rings. The molecule has 0 aromatic heterocycles. The van der Waals surface area contributed by atoms with Crippen LogP contribution in [0.1, 0.15) is 58.8 Å². The van der Waals surface area contributed by atoms with E-state index in [0.29, 0.717) is 19.3 Å². The summed E-state index contributed by atoms with van der Waals surface area (Å²) < 4.78 is 19.0. The fraction of sp³-hybridized carbons (Fsp3) is 0.630. The molecule has 4 aliphatic rings. The number of carbonyl (C=O) groups excluding carboxylic acids is 2. The van der Waals surface area contributed by atoms with E-state index in [2.05, 4.69) is 6.92 Å². The van der Waals surface area contributed by atoms with Gasteiger partial charge in [0.05, 0.1) is 6.10 Å². The maximum atomic E-state index is 13.5. The average molecular weight is 457 g/mol. The van der Waals surface area contributed by atoms with Crippen molar-refractivity contribution in [1.29, 1.82) is 0 Å². The smallest absolute Gasteiger partial charge is 0.202 e. The van der Waals surface area contributed by atoms with E-state index in [4.69, 9.17) is 4.74 Å². The summed E-state index contributed by atoms with van der Waals surface area (Å²) in [5.74, 6) is -0.0865. The van der Waals surface area contributed by atoms with Gasteiger partial charge in [-0.25, -0.2) is 4.39 Å². The van der Waals surface area contributed by atoms with Gasteiger partial charge in [0.2, 0.25) is 5.78 Å². The van der Waals surface area contributed by atoms with E-state index in [1.54, 1.807) is 12.1 Å². The normalized spacial score (nSPS) is 42.1. The minimum Gasteiger partial charge on any atom is -0.486 e. The molecular weight excluding hydrogens is 423 g/mol. The molecular formula is C27H33FO5. The van der Waals surface area contributed by atoms with Gasteiger partial charge in [0, 0.05) is 17.9 Å². The minimum absolute atomic E-state index is 0.0321. The van der Waals surface area contributed by atoms with E-state index in [-0.39, 0.29) is 41.3 Å². The summed E-state index contributed by atoms with van der Waals surface area (Å²) in [5.41, 5.74) is -1.38. The lowest BCUT2D eigenvalue weighted by molar-refractivity contribution is -0.181. The molecule has 5 rings (SSSR count). The number of halogens is 1. The highest BCUT2D eigenvalue weighted by Crippen LogP contribution is 2.67. The molecule has 7 atom stereocenters. The monoisotopic (exact) mass is 456 g/mol. The van der Waals surface area contributed by atoms with Crippen molar-refractivity contribution < 1.29 is 28.9 Å². The Morgan fingerprint density at radius 1 is 1.21 bits per heavy atom. The van der Waals surface area contributed by atoms with Crippen LogP contribution in [0.5, 0.6) is 5.75 Å². The molecule has 0 heterocycles. The molecule has 0 aliphatic heterocycles. The van der Waals surface area contributed by atoms with Crippen LogP contribution in [0.2, 0.25) is 0 Å². The predicted molar refractivity (Wildman–Crippen MR) is 120 cm³/mol. The summed E-state index contributed by atoms with van der Waals surface area (Å²) in [6, 6.07) is 5.61. The number of aliphatic hydroxyl groups excluding tert-OH is 1. The van der Waals surface area contributed by atoms with Crippen LogP contribution in [0.3, 0.4) is 0 Å². The van der Waals surface area contributed by atoms with Crippen molar-refractivity contribution in [2.24, 2.45) is 28.6 Å². The Hall–Kier alpha value is -2.05. The van der Waals surface area contributed by atoms with E-state index in [0.717, 1.165) is 31.3 Å². The van der Waals surface area contributed by atoms with Crippen molar-refractivity contribution in [3.8, 4) is 5.75 Å². The summed E-state index contributed by atoms with van der Waals surface area (Å²) in [4.78, 5) is 25.3. The number of benzene rings is 1. The van der Waals surface area contributed by atoms with Gasteiger partial charge in [0.25, 0.3) is 0 Å². The lowest BCUT2D eigenvalue weighted by Gasteiger charge is -2.60. The number of Topliss-reactive ketones (excluding diaryl/α,β-unsaturated/α-hetero) is 1. The van der Waals surface area contributed by atoms with Crippen LogP contribution >= 0.6 is 0 Å². The number of carbonyl (C=O) groups is 2. The zero-order chi connectivity index (χ0) is 23.6. The zero-order valence-electron chi connectivity index (χ0n) is 19.4. The van der Waals surface area contributed by atoms with Crippen LogP contribution < -0.4 is 4.74 Å². The maximum Gasteiger partial charge on any atom is 0.202 e. The molecule has 5 nitrogen and oxygen atoms in total. The second-order valence-corrected chi connectivity index (χ2v) is 11.1. The topological polar surface area (TPSA) is 83.8 Å². The van der Waals surface area contributed by atoms with Crippen molar-refractivity contribution in [2.45, 2.75) is 70.5 Å². The number of aliphatic hydroxyl groups is 2. The van der Waals surface area contributed by atoms with Crippen LogP contribution in [-0.4, -0.2) is 40.1 Å². The first-order chi connectivity index (χ1) is 15.6.